The summed E-state index contributed by atoms with van der Waals surface area (Å²) in [4.78, 5) is 23.7. The van der Waals surface area contributed by atoms with E-state index in [1.54, 1.807) is 24.3 Å². The summed E-state index contributed by atoms with van der Waals surface area (Å²) < 4.78 is 1.83. The molecule has 1 aliphatic heterocycles. The summed E-state index contributed by atoms with van der Waals surface area (Å²) in [6, 6.07) is 6.89. The van der Waals surface area contributed by atoms with Crippen molar-refractivity contribution in [3.8, 4) is 0 Å². The van der Waals surface area contributed by atoms with E-state index < -0.39 is 5.91 Å². The second-order valence-electron chi connectivity index (χ2n) is 4.41. The van der Waals surface area contributed by atoms with Crippen molar-refractivity contribution in [3.05, 3.63) is 54.1 Å². The van der Waals surface area contributed by atoms with Gasteiger partial charge in [-0.25, -0.2) is 0 Å². The van der Waals surface area contributed by atoms with E-state index in [0.717, 1.165) is 5.69 Å². The fourth-order valence-corrected chi connectivity index (χ4v) is 4.71. The number of rotatable bonds is 2. The van der Waals surface area contributed by atoms with E-state index in [0.29, 0.717) is 10.4 Å². The zero-order valence-electron chi connectivity index (χ0n) is 10.0. The van der Waals surface area contributed by atoms with Gasteiger partial charge in [0.05, 0.1) is 0 Å². The maximum absolute atomic E-state index is 12.3. The van der Waals surface area contributed by atoms with Crippen molar-refractivity contribution >= 4 is 32.7 Å². The van der Waals surface area contributed by atoms with Gasteiger partial charge < -0.3 is 0 Å². The van der Waals surface area contributed by atoms with Crippen molar-refractivity contribution in [2.75, 3.05) is 3.92 Å². The van der Waals surface area contributed by atoms with Crippen LogP contribution in [0, 0.1) is 5.92 Å². The molecule has 96 valence electrons. The Balaban J connectivity index is 1.87. The summed E-state index contributed by atoms with van der Waals surface area (Å²) in [5.41, 5.74) is 6.50. The molecule has 0 spiro atoms. The number of benzene rings is 1. The number of hydrogen-bond donors (Lipinski definition) is 1. The molecule has 0 radical (unpaired) electrons. The second-order valence-corrected chi connectivity index (χ2v) is 6.76. The normalized spacial score (nSPS) is 24.6. The topological polar surface area (TPSA) is 63.4 Å². The Morgan fingerprint density at radius 1 is 1.16 bits per heavy atom. The predicted octanol–water partition coefficient (Wildman–Crippen LogP) is 1.28. The molecule has 19 heavy (non-hydrogen) atoms. The molecule has 2 amide bonds. The fourth-order valence-electron chi connectivity index (χ4n) is 2.17. The molecule has 4 nitrogen and oxygen atoms in total. The van der Waals surface area contributed by atoms with Gasteiger partial charge in [-0.15, -0.1) is 0 Å². The van der Waals surface area contributed by atoms with Crippen LogP contribution in [0.5, 0.6) is 0 Å². The van der Waals surface area contributed by atoms with Crippen molar-refractivity contribution in [1.82, 2.24) is 0 Å². The first-order valence-corrected chi connectivity index (χ1v) is 7.68. The van der Waals surface area contributed by atoms with Crippen molar-refractivity contribution in [2.45, 2.75) is 4.82 Å². The molecule has 5 heteroatoms. The molecule has 1 aliphatic carbocycles. The van der Waals surface area contributed by atoms with Crippen molar-refractivity contribution in [2.24, 2.45) is 11.7 Å². The number of allylic oxidation sites excluding steroid dienone is 3. The van der Waals surface area contributed by atoms with Gasteiger partial charge in [0, 0.05) is 0 Å². The van der Waals surface area contributed by atoms with Crippen LogP contribution in [-0.4, -0.2) is 27.0 Å². The van der Waals surface area contributed by atoms with E-state index in [-0.39, 0.29) is 27.0 Å². The Bertz CT molecular complexity index is 592. The van der Waals surface area contributed by atoms with E-state index in [9.17, 15) is 9.59 Å². The average molecular weight is 319 g/mol. The minimum atomic E-state index is -0.454. The first-order chi connectivity index (χ1) is 9.16. The first-order valence-electron chi connectivity index (χ1n) is 5.92. The quantitative estimate of drug-likeness (QED) is 0.835. The molecule has 1 aromatic carbocycles. The third kappa shape index (κ3) is 2.11. The summed E-state index contributed by atoms with van der Waals surface area (Å²) in [5.74, 6) is -0.345. The number of carbonyl (C=O) groups is 2. The molecule has 0 saturated carbocycles. The van der Waals surface area contributed by atoms with Crippen molar-refractivity contribution in [3.63, 3.8) is 0 Å². The molecule has 0 aromatic heterocycles. The Kier molecular flexibility index (Phi) is 3.01. The number of carbonyl (C=O) groups excluding carboxylic acids is 2. The van der Waals surface area contributed by atoms with Crippen molar-refractivity contribution in [1.29, 1.82) is 0 Å². The number of nitrogens with zero attached hydrogens (tertiary/aromatic N) is 1. The summed E-state index contributed by atoms with van der Waals surface area (Å²) in [5, 5.41) is 0. The van der Waals surface area contributed by atoms with Gasteiger partial charge in [-0.05, 0) is 0 Å². The van der Waals surface area contributed by atoms with Crippen LogP contribution < -0.4 is 9.65 Å². The van der Waals surface area contributed by atoms with Crippen LogP contribution in [0.25, 0.3) is 0 Å². The van der Waals surface area contributed by atoms with Gasteiger partial charge in [0.15, 0.2) is 0 Å². The molecule has 2 unspecified atom stereocenters. The van der Waals surface area contributed by atoms with Crippen LogP contribution in [0.4, 0.5) is 5.69 Å². The van der Waals surface area contributed by atoms with Gasteiger partial charge in [-0.3, -0.25) is 0 Å². The molecule has 2 aliphatic rings. The van der Waals surface area contributed by atoms with E-state index in [1.165, 1.54) is 0 Å². The van der Waals surface area contributed by atoms with Crippen LogP contribution in [0.1, 0.15) is 10.4 Å². The standard InChI is InChI=1S/C14H12N2O2Se/c15-13(17)9-5-7-10(8-6-9)16-14(18)11-3-1-2-4-12(11)19-16/h1-8,11-12H,(H2,15,17). The van der Waals surface area contributed by atoms with Crippen LogP contribution in [0.15, 0.2) is 48.6 Å². The first kappa shape index (κ1) is 12.2. The average Bonchev–Trinajstić information content (AvgIpc) is 2.77. The van der Waals surface area contributed by atoms with Crippen LogP contribution >= 0.6 is 0 Å². The number of amides is 2. The van der Waals surface area contributed by atoms with E-state index in [2.05, 4.69) is 6.08 Å². The molecular formula is C14H12N2O2Se. The zero-order chi connectivity index (χ0) is 13.4. The molecule has 2 N–H and O–H groups in total. The number of fused-ring (bicyclic) bond motifs is 1. The third-order valence-electron chi connectivity index (χ3n) is 3.18. The fraction of sp³-hybridized carbons (Fsp3) is 0.143. The minimum absolute atomic E-state index is 0.0270. The third-order valence-corrected chi connectivity index (χ3v) is 5.90. The van der Waals surface area contributed by atoms with Gasteiger partial charge in [0.1, 0.15) is 0 Å². The SMILES string of the molecule is NC(=O)c1ccc(N2[Se]C3C=CC=CC3C2=O)cc1. The van der Waals surface area contributed by atoms with E-state index in [4.69, 9.17) is 5.73 Å². The van der Waals surface area contributed by atoms with Gasteiger partial charge in [0.2, 0.25) is 0 Å². The van der Waals surface area contributed by atoms with Gasteiger partial charge in [-0.2, -0.15) is 0 Å². The second kappa shape index (κ2) is 4.68. The molecule has 1 saturated heterocycles. The number of hydrogen-bond acceptors (Lipinski definition) is 2. The molecule has 2 atom stereocenters. The summed E-state index contributed by atoms with van der Waals surface area (Å²) in [6.45, 7) is 0. The van der Waals surface area contributed by atoms with E-state index >= 15 is 0 Å². The Morgan fingerprint density at radius 3 is 2.47 bits per heavy atom. The molecule has 0 bridgehead atoms. The summed E-state index contributed by atoms with van der Waals surface area (Å²) in [6.07, 6.45) is 7.98. The summed E-state index contributed by atoms with van der Waals surface area (Å²) in [7, 11) is 0. The number of primary amides is 1. The van der Waals surface area contributed by atoms with Crippen LogP contribution in [-0.2, 0) is 4.79 Å². The molecule has 3 rings (SSSR count). The Hall–Kier alpha value is -1.84. The number of anilines is 1. The maximum atomic E-state index is 12.3. The molecular weight excluding hydrogens is 307 g/mol. The zero-order valence-corrected chi connectivity index (χ0v) is 11.7. The van der Waals surface area contributed by atoms with E-state index in [1.807, 2.05) is 22.1 Å². The van der Waals surface area contributed by atoms with Crippen LogP contribution in [0.3, 0.4) is 0 Å². The monoisotopic (exact) mass is 320 g/mol. The predicted molar refractivity (Wildman–Crippen MR) is 73.7 cm³/mol. The Morgan fingerprint density at radius 2 is 1.84 bits per heavy atom. The molecule has 1 heterocycles. The van der Waals surface area contributed by atoms with Crippen LogP contribution in [0.2, 0.25) is 4.82 Å². The molecule has 1 aromatic rings. The van der Waals surface area contributed by atoms with Gasteiger partial charge >= 0.3 is 117 Å². The Labute approximate surface area is 117 Å². The van der Waals surface area contributed by atoms with Crippen molar-refractivity contribution < 1.29 is 9.59 Å². The summed E-state index contributed by atoms with van der Waals surface area (Å²) >= 11 is 0.0667. The molecule has 1 fully saturated rings. The van der Waals surface area contributed by atoms with Gasteiger partial charge in [-0.1, -0.05) is 0 Å². The van der Waals surface area contributed by atoms with Gasteiger partial charge in [0.25, 0.3) is 0 Å². The number of nitrogens with two attached hydrogens (primary N) is 1.